The second-order valence-corrected chi connectivity index (χ2v) is 6.12. The Balaban J connectivity index is 2.23. The Hall–Kier alpha value is -1.69. The van der Waals surface area contributed by atoms with E-state index >= 15 is 0 Å². The molecule has 6 heteroatoms. The van der Waals surface area contributed by atoms with Crippen LogP contribution in [0.4, 0.5) is 5.13 Å². The van der Waals surface area contributed by atoms with Crippen LogP contribution in [0, 0.1) is 13.8 Å². The van der Waals surface area contributed by atoms with Gasteiger partial charge in [-0.15, -0.1) is 10.2 Å². The van der Waals surface area contributed by atoms with Gasteiger partial charge in [0.2, 0.25) is 5.13 Å². The van der Waals surface area contributed by atoms with Gasteiger partial charge in [0, 0.05) is 17.4 Å². The van der Waals surface area contributed by atoms with E-state index in [1.54, 1.807) is 0 Å². The molecule has 2 rings (SSSR count). The number of hydrogen-bond donors (Lipinski definition) is 1. The van der Waals surface area contributed by atoms with Crippen molar-refractivity contribution in [1.82, 2.24) is 14.8 Å². The van der Waals surface area contributed by atoms with Crippen LogP contribution in [0.3, 0.4) is 0 Å². The number of anilines is 1. The van der Waals surface area contributed by atoms with Gasteiger partial charge in [0.05, 0.1) is 5.56 Å². The highest BCUT2D eigenvalue weighted by molar-refractivity contribution is 7.15. The third-order valence-electron chi connectivity index (χ3n) is 3.24. The number of amides is 1. The van der Waals surface area contributed by atoms with E-state index in [-0.39, 0.29) is 5.91 Å². The normalized spacial score (nSPS) is 11.1. The predicted octanol–water partition coefficient (Wildman–Crippen LogP) is 3.35. The molecule has 2 aromatic heterocycles. The zero-order valence-electron chi connectivity index (χ0n) is 12.5. The fourth-order valence-electron chi connectivity index (χ4n) is 2.41. The van der Waals surface area contributed by atoms with Crippen molar-refractivity contribution in [2.24, 2.45) is 0 Å². The van der Waals surface area contributed by atoms with E-state index in [0.717, 1.165) is 22.8 Å². The topological polar surface area (TPSA) is 59.8 Å². The Morgan fingerprint density at radius 3 is 2.60 bits per heavy atom. The van der Waals surface area contributed by atoms with Gasteiger partial charge >= 0.3 is 0 Å². The summed E-state index contributed by atoms with van der Waals surface area (Å²) in [5.41, 5.74) is 2.77. The number of carbonyl (C=O) groups excluding carboxylic acids is 1. The number of nitrogens with zero attached hydrogens (tertiary/aromatic N) is 3. The largest absolute Gasteiger partial charge is 0.346 e. The molecule has 1 amide bonds. The van der Waals surface area contributed by atoms with Crippen LogP contribution in [0.1, 0.15) is 53.6 Å². The minimum Gasteiger partial charge on any atom is -0.346 e. The summed E-state index contributed by atoms with van der Waals surface area (Å²) >= 11 is 1.42. The smallest absolute Gasteiger partial charge is 0.259 e. The molecule has 1 N–H and O–H groups in total. The number of aryl methyl sites for hydroxylation is 2. The fraction of sp³-hybridized carbons (Fsp3) is 0.500. The third kappa shape index (κ3) is 2.75. The highest BCUT2D eigenvalue weighted by Gasteiger charge is 2.18. The maximum atomic E-state index is 12.3. The molecule has 0 aliphatic rings. The van der Waals surface area contributed by atoms with Crippen molar-refractivity contribution in [2.75, 3.05) is 5.32 Å². The third-order valence-corrected chi connectivity index (χ3v) is 4.22. The van der Waals surface area contributed by atoms with Gasteiger partial charge in [-0.1, -0.05) is 18.3 Å². The van der Waals surface area contributed by atoms with Gasteiger partial charge in [-0.3, -0.25) is 10.1 Å². The minimum atomic E-state index is -0.121. The minimum absolute atomic E-state index is 0.121. The van der Waals surface area contributed by atoms with Gasteiger partial charge in [-0.2, -0.15) is 0 Å². The SMILES string of the molecule is CCc1nnc(NC(=O)c2cc(C)n(C(C)C)c2C)s1. The van der Waals surface area contributed by atoms with Crippen LogP contribution < -0.4 is 5.32 Å². The highest BCUT2D eigenvalue weighted by atomic mass is 32.1. The predicted molar refractivity (Wildman–Crippen MR) is 81.5 cm³/mol. The Bertz CT molecular complexity index is 627. The molecule has 0 aliphatic carbocycles. The summed E-state index contributed by atoms with van der Waals surface area (Å²) in [5, 5.41) is 12.3. The number of rotatable bonds is 4. The monoisotopic (exact) mass is 292 g/mol. The number of carbonyl (C=O) groups is 1. The van der Waals surface area contributed by atoms with Crippen LogP contribution in [-0.4, -0.2) is 20.7 Å². The van der Waals surface area contributed by atoms with Crippen molar-refractivity contribution in [2.45, 2.75) is 47.1 Å². The lowest BCUT2D eigenvalue weighted by Gasteiger charge is -2.13. The Kier molecular flexibility index (Phi) is 4.23. The molecule has 108 valence electrons. The molecule has 0 saturated heterocycles. The average Bonchev–Trinajstić information content (AvgIpc) is 2.93. The molecule has 0 aromatic carbocycles. The lowest BCUT2D eigenvalue weighted by atomic mass is 10.2. The van der Waals surface area contributed by atoms with Gasteiger partial charge in [0.15, 0.2) is 0 Å². The molecule has 2 heterocycles. The summed E-state index contributed by atoms with van der Waals surface area (Å²) in [4.78, 5) is 12.3. The Labute approximate surface area is 123 Å². The van der Waals surface area contributed by atoms with E-state index in [0.29, 0.717) is 16.7 Å². The van der Waals surface area contributed by atoms with Gasteiger partial charge in [-0.25, -0.2) is 0 Å². The summed E-state index contributed by atoms with van der Waals surface area (Å²) in [5.74, 6) is -0.121. The molecule has 0 aliphatic heterocycles. The van der Waals surface area contributed by atoms with Gasteiger partial charge in [0.1, 0.15) is 5.01 Å². The summed E-state index contributed by atoms with van der Waals surface area (Å²) in [6.07, 6.45) is 0.829. The van der Waals surface area contributed by atoms with Crippen molar-refractivity contribution in [3.05, 3.63) is 28.0 Å². The van der Waals surface area contributed by atoms with Crippen molar-refractivity contribution in [3.63, 3.8) is 0 Å². The van der Waals surface area contributed by atoms with Crippen molar-refractivity contribution < 1.29 is 4.79 Å². The average molecular weight is 292 g/mol. The second kappa shape index (κ2) is 5.75. The van der Waals surface area contributed by atoms with Gasteiger partial charge < -0.3 is 4.57 Å². The first-order valence-electron chi connectivity index (χ1n) is 6.76. The summed E-state index contributed by atoms with van der Waals surface area (Å²) in [6.45, 7) is 10.2. The summed E-state index contributed by atoms with van der Waals surface area (Å²) < 4.78 is 2.16. The molecule has 0 unspecified atom stereocenters. The molecule has 0 spiro atoms. The maximum Gasteiger partial charge on any atom is 0.259 e. The standard InChI is InChI=1S/C14H20N4OS/c1-6-12-16-17-14(20-12)15-13(19)11-7-9(4)18(8(2)3)10(11)5/h7-8H,6H2,1-5H3,(H,15,17,19). The Morgan fingerprint density at radius 2 is 2.10 bits per heavy atom. The highest BCUT2D eigenvalue weighted by Crippen LogP contribution is 2.22. The number of nitrogens with one attached hydrogen (secondary N) is 1. The van der Waals surface area contributed by atoms with E-state index in [1.165, 1.54) is 11.3 Å². The fourth-order valence-corrected chi connectivity index (χ4v) is 3.09. The first-order valence-corrected chi connectivity index (χ1v) is 7.57. The van der Waals surface area contributed by atoms with Crippen LogP contribution in [0.2, 0.25) is 0 Å². The number of aromatic nitrogens is 3. The van der Waals surface area contributed by atoms with Gasteiger partial charge in [0.25, 0.3) is 5.91 Å². The number of hydrogen-bond acceptors (Lipinski definition) is 4. The first kappa shape index (κ1) is 14.7. The van der Waals surface area contributed by atoms with E-state index in [1.807, 2.05) is 26.8 Å². The molecule has 2 aromatic rings. The second-order valence-electron chi connectivity index (χ2n) is 5.06. The molecular weight excluding hydrogens is 272 g/mol. The first-order chi connectivity index (χ1) is 9.43. The zero-order chi connectivity index (χ0) is 14.9. The lowest BCUT2D eigenvalue weighted by molar-refractivity contribution is 0.102. The molecule has 0 bridgehead atoms. The quantitative estimate of drug-likeness (QED) is 0.940. The maximum absolute atomic E-state index is 12.3. The molecule has 5 nitrogen and oxygen atoms in total. The van der Waals surface area contributed by atoms with Crippen molar-refractivity contribution >= 4 is 22.4 Å². The van der Waals surface area contributed by atoms with Crippen LogP contribution in [0.15, 0.2) is 6.07 Å². The summed E-state index contributed by atoms with van der Waals surface area (Å²) in [6, 6.07) is 2.26. The van der Waals surface area contributed by atoms with E-state index in [4.69, 9.17) is 0 Å². The molecule has 0 saturated carbocycles. The molecule has 0 atom stereocenters. The molecule has 20 heavy (non-hydrogen) atoms. The Morgan fingerprint density at radius 1 is 1.40 bits per heavy atom. The zero-order valence-corrected chi connectivity index (χ0v) is 13.3. The van der Waals surface area contributed by atoms with Crippen molar-refractivity contribution in [3.8, 4) is 0 Å². The van der Waals surface area contributed by atoms with Crippen LogP contribution in [0.25, 0.3) is 0 Å². The van der Waals surface area contributed by atoms with Crippen LogP contribution in [0.5, 0.6) is 0 Å². The van der Waals surface area contributed by atoms with Crippen LogP contribution in [-0.2, 0) is 6.42 Å². The van der Waals surface area contributed by atoms with E-state index in [9.17, 15) is 4.79 Å². The summed E-state index contributed by atoms with van der Waals surface area (Å²) in [7, 11) is 0. The van der Waals surface area contributed by atoms with Crippen LogP contribution >= 0.6 is 11.3 Å². The molecular formula is C14H20N4OS. The molecule has 0 fully saturated rings. The molecule has 0 radical (unpaired) electrons. The van der Waals surface area contributed by atoms with Crippen molar-refractivity contribution in [1.29, 1.82) is 0 Å². The van der Waals surface area contributed by atoms with Gasteiger partial charge in [-0.05, 0) is 40.2 Å². The van der Waals surface area contributed by atoms with E-state index < -0.39 is 0 Å². The lowest BCUT2D eigenvalue weighted by Crippen LogP contribution is -2.13. The van der Waals surface area contributed by atoms with E-state index in [2.05, 4.69) is 33.9 Å².